The number of nitrogens with two attached hydrogens (primary N) is 2. The van der Waals surface area contributed by atoms with E-state index in [1.165, 1.54) is 11.8 Å². The van der Waals surface area contributed by atoms with E-state index < -0.39 is 29.4 Å². The van der Waals surface area contributed by atoms with Gasteiger partial charge in [-0.3, -0.25) is 14.5 Å². The summed E-state index contributed by atoms with van der Waals surface area (Å²) < 4.78 is 7.93. The summed E-state index contributed by atoms with van der Waals surface area (Å²) in [6.07, 6.45) is 1.17. The van der Waals surface area contributed by atoms with Gasteiger partial charge >= 0.3 is 6.09 Å². The predicted molar refractivity (Wildman–Crippen MR) is 92.9 cm³/mol. The first-order valence-electron chi connectivity index (χ1n) is 8.20. The van der Waals surface area contributed by atoms with Crippen molar-refractivity contribution in [2.75, 3.05) is 17.7 Å². The molecule has 150 valence electrons. The van der Waals surface area contributed by atoms with Gasteiger partial charge in [-0.05, 0) is 0 Å². The van der Waals surface area contributed by atoms with E-state index in [0.717, 1.165) is 4.90 Å². The van der Waals surface area contributed by atoms with Crippen molar-refractivity contribution in [3.05, 3.63) is 23.5 Å². The Balaban J connectivity index is 1.89. The lowest BCUT2D eigenvalue weighted by molar-refractivity contribution is -0.767. The third-order valence-electron chi connectivity index (χ3n) is 4.38. The van der Waals surface area contributed by atoms with Gasteiger partial charge in [-0.25, -0.2) is 4.79 Å². The first kappa shape index (κ1) is 19.7. The van der Waals surface area contributed by atoms with Crippen LogP contribution in [0.1, 0.15) is 0 Å². The molecule has 0 saturated carbocycles. The molecule has 0 spiro atoms. The van der Waals surface area contributed by atoms with Crippen LogP contribution in [-0.2, 0) is 32.2 Å². The summed E-state index contributed by atoms with van der Waals surface area (Å²) in [5.41, 5.74) is 10.9. The molecular formula is C15H18N6O6S. The molecule has 1 saturated heterocycles. The molecule has 1 aromatic heterocycles. The fourth-order valence-corrected chi connectivity index (χ4v) is 4.43. The number of β-lactam (4-membered cyclic amide) rings is 1. The largest absolute Gasteiger partial charge is 0.543 e. The monoisotopic (exact) mass is 410 g/mol. The Kier molecular flexibility index (Phi) is 5.56. The molecule has 3 rings (SSSR count). The van der Waals surface area contributed by atoms with E-state index in [1.54, 1.807) is 21.6 Å². The zero-order chi connectivity index (χ0) is 20.4. The van der Waals surface area contributed by atoms with Crippen molar-refractivity contribution in [1.82, 2.24) is 9.58 Å². The number of primary amides is 1. The lowest BCUT2D eigenvalue weighted by Crippen LogP contribution is -2.69. The van der Waals surface area contributed by atoms with Crippen molar-refractivity contribution in [2.24, 2.45) is 11.5 Å². The average Bonchev–Trinajstić information content (AvgIpc) is 3.02. The summed E-state index contributed by atoms with van der Waals surface area (Å²) in [5.74, 6) is -1.17. The highest BCUT2D eigenvalue weighted by Gasteiger charge is 2.50. The third kappa shape index (κ3) is 3.53. The van der Waals surface area contributed by atoms with Crippen LogP contribution in [0.3, 0.4) is 0 Å². The molecule has 3 heterocycles. The van der Waals surface area contributed by atoms with E-state index in [4.69, 9.17) is 16.2 Å². The summed E-state index contributed by atoms with van der Waals surface area (Å²) in [7, 11) is 0. The number of ether oxygens (including phenoxy) is 1. The molecule has 12 nitrogen and oxygen atoms in total. The predicted octanol–water partition coefficient (Wildman–Crippen LogP) is -3.31. The van der Waals surface area contributed by atoms with Crippen LogP contribution in [0.5, 0.6) is 0 Å². The van der Waals surface area contributed by atoms with Crippen LogP contribution in [0.15, 0.2) is 23.5 Å². The Morgan fingerprint density at radius 2 is 2.25 bits per heavy atom. The van der Waals surface area contributed by atoms with Crippen LogP contribution in [-0.4, -0.2) is 57.7 Å². The molecule has 3 amide bonds. The maximum Gasteiger partial charge on any atom is 0.404 e. The molecule has 5 N–H and O–H groups in total. The second kappa shape index (κ2) is 7.90. The molecule has 0 bridgehead atoms. The van der Waals surface area contributed by atoms with Crippen molar-refractivity contribution < 1.29 is 33.7 Å². The Morgan fingerprint density at radius 1 is 1.50 bits per heavy atom. The number of rotatable bonds is 8. The molecule has 0 unspecified atom stereocenters. The first-order chi connectivity index (χ1) is 13.3. The maximum atomic E-state index is 12.0. The summed E-state index contributed by atoms with van der Waals surface area (Å²) in [6, 6.07) is 0.869. The van der Waals surface area contributed by atoms with Crippen LogP contribution in [0.4, 0.5) is 10.6 Å². The van der Waals surface area contributed by atoms with Gasteiger partial charge in [0.25, 0.3) is 0 Å². The standard InChI is InChI=1S/C15H18N6O6S/c16-10-12(23)21-11(14(24)25)8(6-28-13(10)21)5-19-2-1-9(18-7-22)20(19)3-4-27-15(17)26/h1-2,7,10,13H,3-6,16H2,(H3,17,24,25,26)/t10-,13-/m1/s1. The number of carboxylic acid groups (broad SMARTS) is 1. The maximum absolute atomic E-state index is 12.0. The number of carbonyl (C=O) groups is 4. The summed E-state index contributed by atoms with van der Waals surface area (Å²) in [6.45, 7) is 0.211. The number of thioether (sulfide) groups is 1. The van der Waals surface area contributed by atoms with Crippen LogP contribution < -0.4 is 26.6 Å². The van der Waals surface area contributed by atoms with Crippen LogP contribution in [0.2, 0.25) is 0 Å². The third-order valence-corrected chi connectivity index (χ3v) is 5.74. The summed E-state index contributed by atoms with van der Waals surface area (Å²) >= 11 is 1.37. The molecule has 2 aliphatic heterocycles. The van der Waals surface area contributed by atoms with Gasteiger partial charge in [0.05, 0.1) is 17.7 Å². The molecule has 28 heavy (non-hydrogen) atoms. The Hall–Kier alpha value is -3.06. The molecule has 0 radical (unpaired) electrons. The Bertz CT molecular complexity index is 867. The molecular weight excluding hydrogens is 392 g/mol. The van der Waals surface area contributed by atoms with E-state index in [0.29, 0.717) is 23.6 Å². The lowest BCUT2D eigenvalue weighted by atomic mass is 10.0. The van der Waals surface area contributed by atoms with Crippen LogP contribution in [0.25, 0.3) is 0 Å². The highest BCUT2D eigenvalue weighted by molar-refractivity contribution is 8.00. The van der Waals surface area contributed by atoms with Gasteiger partial charge in [-0.1, -0.05) is 0 Å². The normalized spacial score (nSPS) is 21.0. The number of carboxylic acids is 1. The molecule has 1 aromatic rings. The zero-order valence-corrected chi connectivity index (χ0v) is 15.4. The Labute approximate surface area is 163 Å². The minimum absolute atomic E-state index is 0.0553. The minimum Gasteiger partial charge on any atom is -0.543 e. The molecule has 0 aliphatic carbocycles. The van der Waals surface area contributed by atoms with Gasteiger partial charge < -0.3 is 31.4 Å². The van der Waals surface area contributed by atoms with Crippen molar-refractivity contribution in [3.63, 3.8) is 0 Å². The summed E-state index contributed by atoms with van der Waals surface area (Å²) in [4.78, 5) is 46.4. The number of nitrogens with one attached hydrogen (secondary N) is 1. The van der Waals surface area contributed by atoms with Gasteiger partial charge in [-0.15, -0.1) is 21.1 Å². The Morgan fingerprint density at radius 3 is 2.89 bits per heavy atom. The average molecular weight is 410 g/mol. The second-order valence-electron chi connectivity index (χ2n) is 6.03. The van der Waals surface area contributed by atoms with E-state index in [1.807, 2.05) is 0 Å². The van der Waals surface area contributed by atoms with Crippen molar-refractivity contribution in [2.45, 2.75) is 24.5 Å². The number of amides is 3. The molecule has 0 aromatic carbocycles. The number of hydrogen-bond donors (Lipinski definition) is 3. The van der Waals surface area contributed by atoms with Crippen LogP contribution in [0, 0.1) is 0 Å². The van der Waals surface area contributed by atoms with Gasteiger partial charge in [0.1, 0.15) is 24.6 Å². The van der Waals surface area contributed by atoms with Gasteiger partial charge in [0.15, 0.2) is 18.6 Å². The lowest BCUT2D eigenvalue weighted by Gasteiger charge is -2.49. The van der Waals surface area contributed by atoms with Gasteiger partial charge in [0.2, 0.25) is 12.3 Å². The van der Waals surface area contributed by atoms with Crippen molar-refractivity contribution in [3.8, 4) is 0 Å². The van der Waals surface area contributed by atoms with Crippen molar-refractivity contribution in [1.29, 1.82) is 0 Å². The molecule has 1 fully saturated rings. The number of aliphatic carboxylic acids is 1. The fraction of sp³-hybridized carbons (Fsp3) is 0.400. The molecule has 13 heteroatoms. The number of hydrogen-bond acceptors (Lipinski definition) is 8. The van der Waals surface area contributed by atoms with Gasteiger partial charge in [0, 0.05) is 11.3 Å². The first-order valence-corrected chi connectivity index (χ1v) is 9.25. The molecule has 2 atom stereocenters. The van der Waals surface area contributed by atoms with Crippen molar-refractivity contribution >= 4 is 42.0 Å². The van der Waals surface area contributed by atoms with E-state index >= 15 is 0 Å². The number of aromatic nitrogens is 2. The van der Waals surface area contributed by atoms with E-state index in [-0.39, 0.29) is 25.4 Å². The highest BCUT2D eigenvalue weighted by Crippen LogP contribution is 2.39. The number of nitrogens with zero attached hydrogens (tertiary/aromatic N) is 3. The summed E-state index contributed by atoms with van der Waals surface area (Å²) in [5, 5.41) is 13.8. The number of carbonyl (C=O) groups excluding carboxylic acids is 4. The smallest absolute Gasteiger partial charge is 0.404 e. The minimum atomic E-state index is -1.46. The fourth-order valence-electron chi connectivity index (χ4n) is 3.15. The number of fused-ring (bicyclic) bond motifs is 1. The number of anilines is 1. The SMILES string of the molecule is NC(=O)OCCn1c(NC=O)cc[n+]1CC1=C(C(=O)[O-])N2C(=O)[C@@H](N)[C@H]2SC1. The molecule has 2 aliphatic rings. The topological polar surface area (TPSA) is 177 Å². The van der Waals surface area contributed by atoms with Gasteiger partial charge in [-0.2, -0.15) is 0 Å². The zero-order valence-electron chi connectivity index (χ0n) is 14.6. The van der Waals surface area contributed by atoms with E-state index in [2.05, 4.69) is 5.32 Å². The quantitative estimate of drug-likeness (QED) is 0.226. The van der Waals surface area contributed by atoms with Crippen LogP contribution >= 0.6 is 11.8 Å². The van der Waals surface area contributed by atoms with E-state index in [9.17, 15) is 24.3 Å². The highest BCUT2D eigenvalue weighted by atomic mass is 32.2. The second-order valence-corrected chi connectivity index (χ2v) is 7.13.